The molecule has 6 nitrogen and oxygen atoms in total. The van der Waals surface area contributed by atoms with Crippen molar-refractivity contribution in [2.24, 2.45) is 0 Å². The summed E-state index contributed by atoms with van der Waals surface area (Å²) in [5.74, 6) is -0.849. The zero-order chi connectivity index (χ0) is 59.2. The Bertz CT molecular complexity index is 1410. The second kappa shape index (κ2) is 70.9. The van der Waals surface area contributed by atoms with Gasteiger partial charge in [-0.1, -0.05) is 345 Å². The normalized spacial score (nSPS) is 12.3. The van der Waals surface area contributed by atoms with Crippen LogP contribution in [0.5, 0.6) is 0 Å². The number of esters is 3. The van der Waals surface area contributed by atoms with Crippen molar-refractivity contribution in [2.75, 3.05) is 13.2 Å². The summed E-state index contributed by atoms with van der Waals surface area (Å²) in [5.41, 5.74) is 0. The fourth-order valence-corrected chi connectivity index (χ4v) is 11.0. The molecule has 0 aromatic carbocycles. The van der Waals surface area contributed by atoms with Gasteiger partial charge in [-0.3, -0.25) is 14.4 Å². The number of hydrogen-bond acceptors (Lipinski definition) is 6. The average molecular weight is 1150 g/mol. The lowest BCUT2D eigenvalue weighted by atomic mass is 10.0. The lowest BCUT2D eigenvalue weighted by Crippen LogP contribution is -2.30. The minimum absolute atomic E-state index is 0.0697. The van der Waals surface area contributed by atoms with Crippen LogP contribution in [-0.2, 0) is 28.6 Å². The molecule has 0 aromatic heterocycles. The Labute approximate surface area is 511 Å². The highest BCUT2D eigenvalue weighted by Crippen LogP contribution is 2.18. The van der Waals surface area contributed by atoms with E-state index in [-0.39, 0.29) is 31.1 Å². The molecule has 0 N–H and O–H groups in total. The van der Waals surface area contributed by atoms with Crippen LogP contribution in [0.2, 0.25) is 0 Å². The van der Waals surface area contributed by atoms with Crippen LogP contribution in [0.3, 0.4) is 0 Å². The van der Waals surface area contributed by atoms with Gasteiger partial charge in [0, 0.05) is 19.3 Å². The number of carbonyl (C=O) groups is 3. The molecule has 0 radical (unpaired) electrons. The number of allylic oxidation sites excluding steroid dienone is 8. The summed E-state index contributed by atoms with van der Waals surface area (Å²) in [7, 11) is 0. The van der Waals surface area contributed by atoms with E-state index in [1.54, 1.807) is 0 Å². The van der Waals surface area contributed by atoms with Crippen LogP contribution in [0.25, 0.3) is 0 Å². The van der Waals surface area contributed by atoms with Gasteiger partial charge in [0.1, 0.15) is 13.2 Å². The van der Waals surface area contributed by atoms with Gasteiger partial charge in [0.2, 0.25) is 0 Å². The van der Waals surface area contributed by atoms with Gasteiger partial charge in [-0.2, -0.15) is 0 Å². The molecule has 0 amide bonds. The second-order valence-electron chi connectivity index (χ2n) is 24.9. The second-order valence-corrected chi connectivity index (χ2v) is 24.9. The number of unbranched alkanes of at least 4 members (excludes halogenated alkanes) is 49. The van der Waals surface area contributed by atoms with Crippen LogP contribution in [0.15, 0.2) is 48.6 Å². The predicted molar refractivity (Wildman–Crippen MR) is 358 cm³/mol. The molecule has 0 spiro atoms. The molecule has 0 aliphatic rings. The fourth-order valence-electron chi connectivity index (χ4n) is 11.0. The zero-order valence-corrected chi connectivity index (χ0v) is 55.3. The Morgan fingerprint density at radius 3 is 0.695 bits per heavy atom. The third-order valence-corrected chi connectivity index (χ3v) is 16.6. The maximum Gasteiger partial charge on any atom is 0.306 e. The summed E-state index contributed by atoms with van der Waals surface area (Å²) in [6.07, 6.45) is 90.2. The summed E-state index contributed by atoms with van der Waals surface area (Å²) in [6, 6.07) is 0. The molecule has 0 rings (SSSR count). The van der Waals surface area contributed by atoms with E-state index in [0.29, 0.717) is 19.3 Å². The van der Waals surface area contributed by atoms with E-state index in [1.807, 2.05) is 0 Å². The van der Waals surface area contributed by atoms with Gasteiger partial charge in [0.05, 0.1) is 0 Å². The van der Waals surface area contributed by atoms with E-state index in [4.69, 9.17) is 14.2 Å². The van der Waals surface area contributed by atoms with Crippen molar-refractivity contribution in [1.82, 2.24) is 0 Å². The fraction of sp³-hybridized carbons (Fsp3) is 0.855. The topological polar surface area (TPSA) is 78.9 Å². The van der Waals surface area contributed by atoms with Crippen LogP contribution >= 0.6 is 0 Å². The quantitative estimate of drug-likeness (QED) is 0.0261. The van der Waals surface area contributed by atoms with E-state index >= 15 is 0 Å². The number of rotatable bonds is 68. The minimum atomic E-state index is -0.773. The summed E-state index contributed by atoms with van der Waals surface area (Å²) in [5, 5.41) is 0. The molecular weight excluding hydrogens is 1010 g/mol. The van der Waals surface area contributed by atoms with Gasteiger partial charge in [-0.05, 0) is 83.5 Å². The van der Waals surface area contributed by atoms with Crippen molar-refractivity contribution in [3.05, 3.63) is 48.6 Å². The van der Waals surface area contributed by atoms with Gasteiger partial charge >= 0.3 is 17.9 Å². The summed E-state index contributed by atoms with van der Waals surface area (Å²) in [6.45, 7) is 6.68. The van der Waals surface area contributed by atoms with E-state index in [2.05, 4.69) is 69.4 Å². The molecule has 1 unspecified atom stereocenters. The van der Waals surface area contributed by atoms with E-state index < -0.39 is 6.10 Å². The average Bonchev–Trinajstić information content (AvgIpc) is 3.47. The van der Waals surface area contributed by atoms with Crippen molar-refractivity contribution >= 4 is 17.9 Å². The molecule has 0 saturated carbocycles. The number of carbonyl (C=O) groups excluding carboxylic acids is 3. The van der Waals surface area contributed by atoms with Crippen LogP contribution in [0.4, 0.5) is 0 Å². The molecule has 0 aliphatic carbocycles. The molecule has 0 heterocycles. The maximum atomic E-state index is 12.9. The van der Waals surface area contributed by atoms with Crippen LogP contribution in [-0.4, -0.2) is 37.2 Å². The third-order valence-electron chi connectivity index (χ3n) is 16.6. The Balaban J connectivity index is 4.14. The van der Waals surface area contributed by atoms with Gasteiger partial charge < -0.3 is 14.2 Å². The lowest BCUT2D eigenvalue weighted by Gasteiger charge is -2.18. The molecule has 0 aromatic rings. The Hall–Kier alpha value is -2.63. The van der Waals surface area contributed by atoms with E-state index in [9.17, 15) is 14.4 Å². The largest absolute Gasteiger partial charge is 0.462 e. The molecule has 0 bridgehead atoms. The molecule has 480 valence electrons. The van der Waals surface area contributed by atoms with E-state index in [1.165, 1.54) is 289 Å². The standard InChI is InChI=1S/C76H140O6/c1-4-7-10-13-16-19-22-24-26-28-30-32-34-36-37-38-39-41-42-44-46-48-50-52-54-57-60-63-66-69-75(78)81-72-73(71-80-74(77)68-65-62-59-56-21-18-15-12-9-6-3)82-76(79)70-67-64-61-58-55-53-51-49-47-45-43-40-35-33-31-29-27-25-23-20-17-14-11-8-5-2/h23,25,28-31,35,40,73H,4-22,24,26-27,32-34,36-39,41-72H2,1-3H3/b25-23-,30-28-,31-29-,40-35-. The Morgan fingerprint density at radius 2 is 0.439 bits per heavy atom. The number of ether oxygens (including phenoxy) is 3. The third kappa shape index (κ3) is 68.2. The molecule has 0 aliphatic heterocycles. The molecule has 0 fully saturated rings. The molecule has 6 heteroatoms. The predicted octanol–water partition coefficient (Wildman–Crippen LogP) is 25.3. The Morgan fingerprint density at radius 1 is 0.244 bits per heavy atom. The molecular formula is C76H140O6. The summed E-state index contributed by atoms with van der Waals surface area (Å²) < 4.78 is 17.0. The first-order valence-corrected chi connectivity index (χ1v) is 36.6. The van der Waals surface area contributed by atoms with Crippen molar-refractivity contribution in [3.63, 3.8) is 0 Å². The summed E-state index contributed by atoms with van der Waals surface area (Å²) >= 11 is 0. The Kier molecular flexibility index (Phi) is 68.6. The van der Waals surface area contributed by atoms with Gasteiger partial charge in [0.15, 0.2) is 6.10 Å². The van der Waals surface area contributed by atoms with Crippen LogP contribution in [0, 0.1) is 0 Å². The minimum Gasteiger partial charge on any atom is -0.462 e. The first-order chi connectivity index (χ1) is 40.5. The van der Waals surface area contributed by atoms with Crippen molar-refractivity contribution < 1.29 is 28.6 Å². The van der Waals surface area contributed by atoms with Gasteiger partial charge in [-0.15, -0.1) is 0 Å². The highest BCUT2D eigenvalue weighted by Gasteiger charge is 2.19. The van der Waals surface area contributed by atoms with Crippen LogP contribution < -0.4 is 0 Å². The van der Waals surface area contributed by atoms with Crippen molar-refractivity contribution in [3.8, 4) is 0 Å². The maximum absolute atomic E-state index is 12.9. The highest BCUT2D eigenvalue weighted by atomic mass is 16.6. The molecule has 0 saturated heterocycles. The van der Waals surface area contributed by atoms with Crippen molar-refractivity contribution in [2.45, 2.75) is 406 Å². The lowest BCUT2D eigenvalue weighted by molar-refractivity contribution is -0.167. The first kappa shape index (κ1) is 79.4. The zero-order valence-electron chi connectivity index (χ0n) is 55.3. The first-order valence-electron chi connectivity index (χ1n) is 36.6. The van der Waals surface area contributed by atoms with Gasteiger partial charge in [-0.25, -0.2) is 0 Å². The van der Waals surface area contributed by atoms with Gasteiger partial charge in [0.25, 0.3) is 0 Å². The van der Waals surface area contributed by atoms with Crippen molar-refractivity contribution in [1.29, 1.82) is 0 Å². The number of hydrogen-bond donors (Lipinski definition) is 0. The smallest absolute Gasteiger partial charge is 0.306 e. The van der Waals surface area contributed by atoms with Crippen LogP contribution in [0.1, 0.15) is 400 Å². The highest BCUT2D eigenvalue weighted by molar-refractivity contribution is 5.71. The molecule has 82 heavy (non-hydrogen) atoms. The monoisotopic (exact) mass is 1150 g/mol. The van der Waals surface area contributed by atoms with E-state index in [0.717, 1.165) is 70.6 Å². The summed E-state index contributed by atoms with van der Waals surface area (Å²) in [4.78, 5) is 38.4. The molecule has 1 atom stereocenters. The SMILES string of the molecule is CCCCCCC/C=C\C/C=C\C/C=C\CCCCCCCCCCCCC(=O)OC(COC(=O)CCCCCCCCCCCC)COC(=O)CCCCCCCCCCCCCCCCCCC/C=C\CCCCCCCCCC.